The van der Waals surface area contributed by atoms with E-state index in [2.05, 4.69) is 122 Å². The Morgan fingerprint density at radius 1 is 0.531 bits per heavy atom. The van der Waals surface area contributed by atoms with Gasteiger partial charge in [0.15, 0.2) is 57.6 Å². The van der Waals surface area contributed by atoms with Crippen molar-refractivity contribution in [2.75, 3.05) is 174 Å². The molecule has 1 unspecified atom stereocenters. The summed E-state index contributed by atoms with van der Waals surface area (Å²) in [6, 6.07) is 70.2. The van der Waals surface area contributed by atoms with Crippen molar-refractivity contribution >= 4 is 139 Å². The molecule has 18 aromatic rings. The van der Waals surface area contributed by atoms with Crippen molar-refractivity contribution in [3.8, 4) is 86.1 Å². The van der Waals surface area contributed by atoms with Gasteiger partial charge >= 0.3 is 5.95 Å². The summed E-state index contributed by atoms with van der Waals surface area (Å²) in [5, 5.41) is 24.6. The van der Waals surface area contributed by atoms with E-state index in [9.17, 15) is 14.4 Å². The predicted molar refractivity (Wildman–Crippen MR) is 555 cm³/mol. The minimum atomic E-state index is -3.92. The minimum Gasteiger partial charge on any atom is -0.748 e. The summed E-state index contributed by atoms with van der Waals surface area (Å²) in [4.78, 5) is 93.9. The van der Waals surface area contributed by atoms with Crippen LogP contribution in [0.5, 0.6) is 51.7 Å². The Kier molecular flexibility index (Phi) is 31.1. The molecule has 145 heavy (non-hydrogen) atoms. The third kappa shape index (κ3) is 23.8. The number of piperazine rings is 2. The third-order valence-corrected chi connectivity index (χ3v) is 24.5. The van der Waals surface area contributed by atoms with Gasteiger partial charge in [0.05, 0.1) is 100 Å². The molecular formula is C106H108N22O16S. The Morgan fingerprint density at radius 2 is 1.12 bits per heavy atom. The van der Waals surface area contributed by atoms with E-state index in [0.717, 1.165) is 129 Å². The smallest absolute Gasteiger partial charge is 0.347 e. The number of H-pyrrole nitrogens is 3. The van der Waals surface area contributed by atoms with Gasteiger partial charge in [0.1, 0.15) is 41.0 Å². The van der Waals surface area contributed by atoms with E-state index in [0.29, 0.717) is 161 Å². The highest BCUT2D eigenvalue weighted by molar-refractivity contribution is 7.84. The van der Waals surface area contributed by atoms with Gasteiger partial charge in [-0.1, -0.05) is 109 Å². The highest BCUT2D eigenvalue weighted by Crippen LogP contribution is 2.41. The lowest BCUT2D eigenvalue weighted by molar-refractivity contribution is -0.348. The van der Waals surface area contributed by atoms with Gasteiger partial charge in [-0.15, -0.1) is 15.2 Å². The van der Waals surface area contributed by atoms with Crippen molar-refractivity contribution < 1.29 is 79.4 Å². The largest absolute Gasteiger partial charge is 0.748 e. The molecule has 10 N–H and O–H groups in total. The first kappa shape index (κ1) is 99.2. The fourth-order valence-corrected chi connectivity index (χ4v) is 17.0. The van der Waals surface area contributed by atoms with Gasteiger partial charge in [-0.3, -0.25) is 24.3 Å². The summed E-state index contributed by atoms with van der Waals surface area (Å²) in [6.45, 7) is 7.70. The number of aromatic amines is 3. The normalized spacial score (nSPS) is 13.4. The molecule has 8 aromatic heterocycles. The Morgan fingerprint density at radius 3 is 1.82 bits per heavy atom. The number of nitrogens with zero attached hydrogens (tertiary/aromatic N) is 14. The number of fused-ring (bicyclic) bond motifs is 8. The van der Waals surface area contributed by atoms with E-state index in [-0.39, 0.29) is 42.4 Å². The average Bonchev–Trinajstić information content (AvgIpc) is 1.60. The number of nitrogens with one attached hydrogen (secondary N) is 6. The highest BCUT2D eigenvalue weighted by atomic mass is 32.2. The molecule has 39 heteroatoms. The first-order chi connectivity index (χ1) is 70.5. The number of ether oxygens (including phenoxy) is 9. The second-order valence-corrected chi connectivity index (χ2v) is 35.4. The first-order valence-corrected chi connectivity index (χ1v) is 48.5. The number of para-hydroxylation sites is 5. The van der Waals surface area contributed by atoms with Crippen molar-refractivity contribution in [1.29, 1.82) is 0 Å². The van der Waals surface area contributed by atoms with Crippen molar-refractivity contribution in [3.63, 3.8) is 0 Å². The molecule has 0 radical (unpaired) electrons. The van der Waals surface area contributed by atoms with Crippen LogP contribution in [-0.4, -0.2) is 253 Å². The van der Waals surface area contributed by atoms with Crippen LogP contribution in [0.3, 0.4) is 0 Å². The number of nitrogen functional groups attached to an aromatic ring is 2. The Balaban J connectivity index is 0.000000130. The van der Waals surface area contributed by atoms with E-state index >= 15 is 0 Å². The summed E-state index contributed by atoms with van der Waals surface area (Å²) in [7, 11) is 9.34. The molecule has 0 aliphatic carbocycles. The summed E-state index contributed by atoms with van der Waals surface area (Å²) < 4.78 is 82.3. The number of aromatic nitrogens is 13. The molecule has 1 atom stereocenters. The minimum absolute atomic E-state index is 0.0223. The van der Waals surface area contributed by atoms with Gasteiger partial charge in [-0.05, 0) is 122 Å². The summed E-state index contributed by atoms with van der Waals surface area (Å²) in [5.74, 6) is 10.1. The highest BCUT2D eigenvalue weighted by Gasteiger charge is 2.35. The van der Waals surface area contributed by atoms with Crippen LogP contribution in [-0.2, 0) is 27.8 Å². The van der Waals surface area contributed by atoms with E-state index in [1.165, 1.54) is 16.5 Å². The van der Waals surface area contributed by atoms with Crippen molar-refractivity contribution in [1.82, 2.24) is 74.7 Å². The standard InChI is InChI=1S/C31H32N6O2.C27H24N4O2.C24H23N7O4.C23H25N5O5.CH4O3S/c1-36-15-17-37(18-16-36)31(38)22-9-7-21(8-10-22)29-34-28-12-11-24(39-2)19-26(28)30(35-29)32-14-13-23-20-33-27-6-4-3-5-25(23)27;1-32-23-16-21-22(17-24(23)33-2)30-27(20-12-6-10-19-11-7-14-28-25(19)20)31-26(21)29-15-13-18-8-4-3-5-9-18;1-33-19-11-14-16(12-20(19)34-2)28-24(29-21(14)25)26-9-5-8-18(32)23-31-30-22(35-23)17-10-13-6-3-4-7-15(13)27-17;1-30-18-11-14-15(12-19(18)31-2)25-23(26-21(14)24)28-9-7-27(8-10-28)22(29)20-13-32-16-5-3-4-6-17(16)33-20;1-5(2,3)4/h3-12,19-20,33H,13-18H2,1-2H3,(H,32,34,35);3-12,14,16-17H,13,15H2,1-2H3,(H,29,30,31);3-4,6-7,10-12,27H,5,8-9H2,1-2H3,(H3,25,26,28,29);3-6,11-12,20H,7-10,13H2,1-2H3,(H2,24,25,26);1H3,(H,2,3,4). The Bertz CT molecular complexity index is 7770. The molecule has 38 nitrogen and oxygen atoms in total. The second-order valence-electron chi connectivity index (χ2n) is 34.0. The van der Waals surface area contributed by atoms with Gasteiger partial charge in [0.2, 0.25) is 23.7 Å². The molecule has 0 spiro atoms. The van der Waals surface area contributed by atoms with Gasteiger partial charge in [0.25, 0.3) is 23.6 Å². The second kappa shape index (κ2) is 45.5. The van der Waals surface area contributed by atoms with E-state index in [1.54, 1.807) is 85.1 Å². The maximum Gasteiger partial charge on any atom is 0.347 e. The first-order valence-electron chi connectivity index (χ1n) is 46.7. The molecule has 2 amide bonds. The van der Waals surface area contributed by atoms with E-state index < -0.39 is 16.2 Å². The number of methoxy groups -OCH3 is 7. The number of likely N-dealkylation sites (N-methyl/N-ethyl adjacent to an activating group) is 1. The predicted octanol–water partition coefficient (Wildman–Crippen LogP) is 14.5. The van der Waals surface area contributed by atoms with Crippen LogP contribution in [0.4, 0.5) is 35.2 Å². The number of amides is 2. The lowest BCUT2D eigenvalue weighted by Gasteiger charge is -2.35. The molecule has 3 aliphatic rings. The van der Waals surface area contributed by atoms with Crippen LogP contribution in [0.2, 0.25) is 0 Å². The van der Waals surface area contributed by atoms with Gasteiger partial charge in [0, 0.05) is 168 Å². The maximum absolute atomic E-state index is 13.0. The van der Waals surface area contributed by atoms with E-state index in [4.69, 9.17) is 96.4 Å². The van der Waals surface area contributed by atoms with Crippen LogP contribution in [0.25, 0.3) is 111 Å². The zero-order chi connectivity index (χ0) is 101. The molecule has 3 aliphatic heterocycles. The molecule has 744 valence electrons. The quantitative estimate of drug-likeness (QED) is 0.0143. The van der Waals surface area contributed by atoms with Crippen LogP contribution < -0.4 is 79.9 Å². The molecular weight excluding hydrogens is 1870 g/mol. The summed E-state index contributed by atoms with van der Waals surface area (Å²) in [6.07, 6.45) is 6.28. The number of hydrogen-bond acceptors (Lipinski definition) is 33. The van der Waals surface area contributed by atoms with Crippen LogP contribution in [0.1, 0.15) is 45.0 Å². The molecule has 0 bridgehead atoms. The Hall–Kier alpha value is -17.3. The Labute approximate surface area is 833 Å². The number of Topliss-reactive ketones (excluding diaryl/α,β-unsaturated/α-hetero) is 1. The average molecular weight is 1980 g/mol. The van der Waals surface area contributed by atoms with Crippen molar-refractivity contribution in [2.45, 2.75) is 31.8 Å². The number of hydrogen-bond donors (Lipinski definition) is 7. The number of pyridine rings is 1. The zero-order valence-corrected chi connectivity index (χ0v) is 82.0. The lowest BCUT2D eigenvalue weighted by atomic mass is 10.1. The SMILES string of the molecule is COc1cc2nc(-c3cccc4cccnc34)nc(NCCc3ccccc3)c2cc1OC.COc1cc2nc(N3CCN(C(=O)C4COc5ccccc5O4)CC3)[nH+]c(N)c2cc1OC.COc1cc2nc(NCCCC(=O)c3nnc(-c4cc5ccccc5[nH]4)o3)nc(N)c2cc1OC.COc1ccc2nc(-c3ccc(C(=O)N4CCN(C)CC4)cc3)nc(NCCc3c[nH]c4ccccc34)c2c1.CS(=O)(=O)[O-]. The fourth-order valence-electron chi connectivity index (χ4n) is 17.0. The monoisotopic (exact) mass is 1980 g/mol. The number of benzene rings is 10. The number of anilines is 6. The number of ketones is 1. The molecule has 2 saturated heterocycles. The van der Waals surface area contributed by atoms with E-state index in [1.807, 2.05) is 157 Å². The molecule has 0 saturated carbocycles. The molecule has 21 rings (SSSR count). The fraction of sp³-hybridized carbons (Fsp3) is 0.245. The molecule has 2 fully saturated rings. The van der Waals surface area contributed by atoms with Crippen molar-refractivity contribution in [2.24, 2.45) is 0 Å². The lowest BCUT2D eigenvalue weighted by Crippen LogP contribution is -2.55. The maximum atomic E-state index is 13.0. The topological polar surface area (TPSA) is 480 Å². The number of rotatable bonds is 27. The molecule has 10 aromatic carbocycles. The van der Waals surface area contributed by atoms with Crippen LogP contribution >= 0.6 is 0 Å². The van der Waals surface area contributed by atoms with Crippen molar-refractivity contribution in [3.05, 3.63) is 253 Å². The molecule has 11 heterocycles. The third-order valence-electron chi connectivity index (χ3n) is 24.5. The van der Waals surface area contributed by atoms with Crippen LogP contribution in [0, 0.1) is 0 Å². The van der Waals surface area contributed by atoms with Gasteiger partial charge < -0.3 is 104 Å². The summed E-state index contributed by atoms with van der Waals surface area (Å²) >= 11 is 0. The van der Waals surface area contributed by atoms with Crippen LogP contribution in [0.15, 0.2) is 235 Å². The zero-order valence-electron chi connectivity index (χ0n) is 81.2. The van der Waals surface area contributed by atoms with Gasteiger partial charge in [-0.2, -0.15) is 4.98 Å². The number of carbonyl (C=O) groups excluding carboxylic acids is 3. The number of nitrogens with two attached hydrogens (primary N) is 2. The number of carbonyl (C=O) groups is 3. The summed E-state index contributed by atoms with van der Waals surface area (Å²) in [5.41, 5.74) is 23.9. The van der Waals surface area contributed by atoms with Gasteiger partial charge in [-0.25, -0.2) is 38.3 Å².